The lowest BCUT2D eigenvalue weighted by molar-refractivity contribution is -0.107. The van der Waals surface area contributed by atoms with Crippen molar-refractivity contribution in [3.63, 3.8) is 0 Å². The van der Waals surface area contributed by atoms with Crippen molar-refractivity contribution in [3.8, 4) is 11.8 Å². The number of carbonyl (C=O) groups excluding carboxylic acids is 1. The highest BCUT2D eigenvalue weighted by molar-refractivity contribution is 5.54. The fourth-order valence-electron chi connectivity index (χ4n) is 0.848. The highest BCUT2D eigenvalue weighted by atomic mass is 19.1. The number of aryl methyl sites for hydroxylation is 1. The molecule has 0 amide bonds. The summed E-state index contributed by atoms with van der Waals surface area (Å²) in [5, 5.41) is 0. The van der Waals surface area contributed by atoms with Crippen LogP contribution >= 0.6 is 0 Å². The van der Waals surface area contributed by atoms with E-state index < -0.39 is 0 Å². The molecule has 0 bridgehead atoms. The third-order valence-corrected chi connectivity index (χ3v) is 1.44. The molecule has 0 fully saturated rings. The van der Waals surface area contributed by atoms with Gasteiger partial charge in [0.25, 0.3) is 0 Å². The van der Waals surface area contributed by atoms with E-state index in [1.165, 1.54) is 6.07 Å². The minimum atomic E-state index is -0.376. The molecule has 0 aliphatic rings. The van der Waals surface area contributed by atoms with Gasteiger partial charge in [0.15, 0.2) is 0 Å². The Balaban J connectivity index is 2.91. The quantitative estimate of drug-likeness (QED) is 0.480. The minimum Gasteiger partial charge on any atom is -0.302 e. The first-order chi connectivity index (χ1) is 6.24. The molecule has 1 rings (SSSR count). The SMILES string of the molecule is Cc1cc(F)cnc1C#CCC=O. The highest BCUT2D eigenvalue weighted by Crippen LogP contribution is 2.04. The molecule has 0 atom stereocenters. The Morgan fingerprint density at radius 1 is 1.69 bits per heavy atom. The Labute approximate surface area is 75.8 Å². The van der Waals surface area contributed by atoms with Crippen molar-refractivity contribution in [3.05, 3.63) is 29.3 Å². The molecule has 1 heterocycles. The lowest BCUT2D eigenvalue weighted by Gasteiger charge is -1.95. The van der Waals surface area contributed by atoms with Gasteiger partial charge in [0.05, 0.1) is 12.6 Å². The van der Waals surface area contributed by atoms with E-state index in [9.17, 15) is 9.18 Å². The van der Waals surface area contributed by atoms with Crippen LogP contribution in [-0.2, 0) is 4.79 Å². The third-order valence-electron chi connectivity index (χ3n) is 1.44. The summed E-state index contributed by atoms with van der Waals surface area (Å²) >= 11 is 0. The second kappa shape index (κ2) is 4.36. The number of aldehydes is 1. The summed E-state index contributed by atoms with van der Waals surface area (Å²) in [6.07, 6.45) is 2.00. The maximum atomic E-state index is 12.6. The highest BCUT2D eigenvalue weighted by Gasteiger charge is 1.96. The van der Waals surface area contributed by atoms with Crippen LogP contribution in [0.25, 0.3) is 0 Å². The molecule has 0 unspecified atom stereocenters. The molecule has 0 spiro atoms. The van der Waals surface area contributed by atoms with Crippen LogP contribution in [-0.4, -0.2) is 11.3 Å². The van der Waals surface area contributed by atoms with Gasteiger partial charge in [0.2, 0.25) is 0 Å². The number of halogens is 1. The molecule has 0 aliphatic carbocycles. The third kappa shape index (κ3) is 2.68. The molecule has 0 aliphatic heterocycles. The van der Waals surface area contributed by atoms with E-state index in [-0.39, 0.29) is 12.2 Å². The molecular weight excluding hydrogens is 169 g/mol. The predicted octanol–water partition coefficient (Wildman–Crippen LogP) is 1.47. The molecule has 0 radical (unpaired) electrons. The van der Waals surface area contributed by atoms with Crippen LogP contribution < -0.4 is 0 Å². The van der Waals surface area contributed by atoms with Crippen LogP contribution in [0, 0.1) is 24.6 Å². The Kier molecular flexibility index (Phi) is 3.15. The smallest absolute Gasteiger partial charge is 0.141 e. The van der Waals surface area contributed by atoms with Crippen molar-refractivity contribution in [1.82, 2.24) is 4.98 Å². The number of pyridine rings is 1. The molecule has 3 heteroatoms. The average molecular weight is 177 g/mol. The zero-order chi connectivity index (χ0) is 9.68. The van der Waals surface area contributed by atoms with Crippen molar-refractivity contribution in [2.75, 3.05) is 0 Å². The number of rotatable bonds is 1. The Morgan fingerprint density at radius 2 is 2.46 bits per heavy atom. The van der Waals surface area contributed by atoms with Crippen molar-refractivity contribution in [2.24, 2.45) is 0 Å². The van der Waals surface area contributed by atoms with Gasteiger partial charge < -0.3 is 4.79 Å². The van der Waals surface area contributed by atoms with Gasteiger partial charge >= 0.3 is 0 Å². The summed E-state index contributed by atoms with van der Waals surface area (Å²) < 4.78 is 12.6. The second-order valence-corrected chi connectivity index (χ2v) is 2.49. The number of aromatic nitrogens is 1. The maximum Gasteiger partial charge on any atom is 0.141 e. The van der Waals surface area contributed by atoms with Crippen LogP contribution in [0.4, 0.5) is 4.39 Å². The topological polar surface area (TPSA) is 30.0 Å². The van der Waals surface area contributed by atoms with E-state index in [2.05, 4.69) is 16.8 Å². The largest absolute Gasteiger partial charge is 0.302 e. The number of nitrogens with zero attached hydrogens (tertiary/aromatic N) is 1. The molecule has 0 aromatic carbocycles. The second-order valence-electron chi connectivity index (χ2n) is 2.49. The van der Waals surface area contributed by atoms with Crippen molar-refractivity contribution in [1.29, 1.82) is 0 Å². The van der Waals surface area contributed by atoms with Crippen LogP contribution in [0.15, 0.2) is 12.3 Å². The summed E-state index contributed by atoms with van der Waals surface area (Å²) in [4.78, 5) is 13.7. The van der Waals surface area contributed by atoms with E-state index in [0.29, 0.717) is 17.5 Å². The summed E-state index contributed by atoms with van der Waals surface area (Å²) in [6, 6.07) is 1.36. The first kappa shape index (κ1) is 9.40. The predicted molar refractivity (Wildman–Crippen MR) is 46.5 cm³/mol. The molecule has 13 heavy (non-hydrogen) atoms. The van der Waals surface area contributed by atoms with Crippen LogP contribution in [0.1, 0.15) is 17.7 Å². The first-order valence-corrected chi connectivity index (χ1v) is 3.78. The fourth-order valence-corrected chi connectivity index (χ4v) is 0.848. The Hall–Kier alpha value is -1.69. The molecular formula is C10H8FNO. The zero-order valence-corrected chi connectivity index (χ0v) is 7.17. The van der Waals surface area contributed by atoms with Gasteiger partial charge in [-0.05, 0) is 24.5 Å². The Bertz CT molecular complexity index is 376. The lowest BCUT2D eigenvalue weighted by Crippen LogP contribution is -1.89. The molecule has 0 saturated carbocycles. The fraction of sp³-hybridized carbons (Fsp3) is 0.200. The summed E-state index contributed by atoms with van der Waals surface area (Å²) in [5.74, 6) is 4.91. The van der Waals surface area contributed by atoms with Gasteiger partial charge in [0, 0.05) is 0 Å². The van der Waals surface area contributed by atoms with E-state index in [0.717, 1.165) is 6.20 Å². The van der Waals surface area contributed by atoms with E-state index >= 15 is 0 Å². The van der Waals surface area contributed by atoms with Gasteiger partial charge in [-0.15, -0.1) is 0 Å². The zero-order valence-electron chi connectivity index (χ0n) is 7.17. The maximum absolute atomic E-state index is 12.6. The lowest BCUT2D eigenvalue weighted by atomic mass is 10.2. The first-order valence-electron chi connectivity index (χ1n) is 3.78. The van der Waals surface area contributed by atoms with Gasteiger partial charge in [-0.25, -0.2) is 9.37 Å². The minimum absolute atomic E-state index is 0.179. The number of hydrogen-bond acceptors (Lipinski definition) is 2. The number of carbonyl (C=O) groups is 1. The summed E-state index contributed by atoms with van der Waals surface area (Å²) in [7, 11) is 0. The van der Waals surface area contributed by atoms with Gasteiger partial charge in [0.1, 0.15) is 17.8 Å². The summed E-state index contributed by atoms with van der Waals surface area (Å²) in [6.45, 7) is 1.72. The molecule has 0 N–H and O–H groups in total. The van der Waals surface area contributed by atoms with Gasteiger partial charge in [-0.1, -0.05) is 5.92 Å². The molecule has 2 nitrogen and oxygen atoms in total. The van der Waals surface area contributed by atoms with Crippen LogP contribution in [0.5, 0.6) is 0 Å². The molecule has 1 aromatic heterocycles. The molecule has 0 saturated heterocycles. The standard InChI is InChI=1S/C10H8FNO/c1-8-6-9(11)7-12-10(8)4-2-3-5-13/h5-7H,3H2,1H3. The summed E-state index contributed by atoms with van der Waals surface area (Å²) in [5.41, 5.74) is 1.20. The monoisotopic (exact) mass is 177 g/mol. The molecule has 66 valence electrons. The average Bonchev–Trinajstić information content (AvgIpc) is 2.09. The van der Waals surface area contributed by atoms with Crippen LogP contribution in [0.3, 0.4) is 0 Å². The van der Waals surface area contributed by atoms with E-state index in [1.54, 1.807) is 6.92 Å². The number of hydrogen-bond donors (Lipinski definition) is 0. The van der Waals surface area contributed by atoms with E-state index in [4.69, 9.17) is 0 Å². The normalized spacial score (nSPS) is 8.77. The van der Waals surface area contributed by atoms with E-state index in [1.807, 2.05) is 0 Å². The van der Waals surface area contributed by atoms with Gasteiger partial charge in [-0.3, -0.25) is 0 Å². The molecule has 1 aromatic rings. The van der Waals surface area contributed by atoms with Crippen molar-refractivity contribution < 1.29 is 9.18 Å². The van der Waals surface area contributed by atoms with Crippen LogP contribution in [0.2, 0.25) is 0 Å². The van der Waals surface area contributed by atoms with Gasteiger partial charge in [-0.2, -0.15) is 0 Å². The van der Waals surface area contributed by atoms with Crippen molar-refractivity contribution >= 4 is 6.29 Å². The Morgan fingerprint density at radius 3 is 3.08 bits per heavy atom. The van der Waals surface area contributed by atoms with Crippen molar-refractivity contribution in [2.45, 2.75) is 13.3 Å².